The number of esters is 1. The number of benzene rings is 1. The maximum absolute atomic E-state index is 12.4. The minimum absolute atomic E-state index is 0. The molecule has 0 unspecified atom stereocenters. The molecule has 0 saturated heterocycles. The van der Waals surface area contributed by atoms with Crippen molar-refractivity contribution in [2.75, 3.05) is 11.9 Å². The van der Waals surface area contributed by atoms with Crippen molar-refractivity contribution in [1.29, 1.82) is 0 Å². The van der Waals surface area contributed by atoms with Crippen LogP contribution in [0.2, 0.25) is 0 Å². The molecular formula is C19H25ClN4O3. The fourth-order valence-corrected chi connectivity index (χ4v) is 3.31. The summed E-state index contributed by atoms with van der Waals surface area (Å²) in [4.78, 5) is 24.2. The van der Waals surface area contributed by atoms with Crippen LogP contribution in [0.5, 0.6) is 0 Å². The molecule has 2 atom stereocenters. The highest BCUT2D eigenvalue weighted by atomic mass is 35.5. The highest BCUT2D eigenvalue weighted by Crippen LogP contribution is 2.28. The molecule has 2 aromatic rings. The van der Waals surface area contributed by atoms with Gasteiger partial charge in [0.1, 0.15) is 0 Å². The van der Waals surface area contributed by atoms with E-state index in [4.69, 9.17) is 10.5 Å². The first-order valence-electron chi connectivity index (χ1n) is 8.96. The maximum atomic E-state index is 12.4. The number of carbonyl (C=O) groups excluding carboxylic acids is 2. The molecule has 1 fully saturated rings. The van der Waals surface area contributed by atoms with Crippen LogP contribution in [0.3, 0.4) is 0 Å². The van der Waals surface area contributed by atoms with Crippen LogP contribution in [0.4, 0.5) is 5.69 Å². The van der Waals surface area contributed by atoms with Crippen molar-refractivity contribution in [3.05, 3.63) is 42.2 Å². The van der Waals surface area contributed by atoms with Crippen LogP contribution in [-0.2, 0) is 9.53 Å². The average Bonchev–Trinajstić information content (AvgIpc) is 3.25. The van der Waals surface area contributed by atoms with Crippen molar-refractivity contribution < 1.29 is 14.3 Å². The number of nitrogens with one attached hydrogen (secondary N) is 1. The first kappa shape index (κ1) is 20.9. The number of carbonyl (C=O) groups is 2. The van der Waals surface area contributed by atoms with E-state index in [2.05, 4.69) is 10.4 Å². The van der Waals surface area contributed by atoms with Crippen molar-refractivity contribution in [3.8, 4) is 5.69 Å². The Kier molecular flexibility index (Phi) is 7.38. The second-order valence-corrected chi connectivity index (χ2v) is 6.49. The molecule has 7 nitrogen and oxygen atoms in total. The number of hydrogen-bond acceptors (Lipinski definition) is 5. The summed E-state index contributed by atoms with van der Waals surface area (Å²) in [7, 11) is 0. The second-order valence-electron chi connectivity index (χ2n) is 6.49. The highest BCUT2D eigenvalue weighted by molar-refractivity contribution is 5.93. The van der Waals surface area contributed by atoms with Gasteiger partial charge in [0, 0.05) is 18.7 Å². The van der Waals surface area contributed by atoms with Gasteiger partial charge in [-0.15, -0.1) is 12.4 Å². The Balaban J connectivity index is 0.00000261. The van der Waals surface area contributed by atoms with E-state index >= 15 is 0 Å². The van der Waals surface area contributed by atoms with Gasteiger partial charge in [-0.1, -0.05) is 18.6 Å². The number of nitrogens with two attached hydrogens (primary N) is 1. The molecular weight excluding hydrogens is 368 g/mol. The summed E-state index contributed by atoms with van der Waals surface area (Å²) in [6.45, 7) is 2.04. The van der Waals surface area contributed by atoms with Crippen LogP contribution in [0.25, 0.3) is 5.69 Å². The molecule has 0 bridgehead atoms. The number of nitrogens with zero attached hydrogens (tertiary/aromatic N) is 2. The van der Waals surface area contributed by atoms with Crippen molar-refractivity contribution in [2.24, 2.45) is 11.7 Å². The number of ether oxygens (including phenoxy) is 1. The number of halogens is 1. The predicted octanol–water partition coefficient (Wildman–Crippen LogP) is 2.93. The molecule has 0 spiro atoms. The molecule has 146 valence electrons. The Labute approximate surface area is 164 Å². The molecule has 1 heterocycles. The fraction of sp³-hybridized carbons (Fsp3) is 0.421. The summed E-state index contributed by atoms with van der Waals surface area (Å²) in [6, 6.07) is 9.04. The Morgan fingerprint density at radius 3 is 2.78 bits per heavy atom. The van der Waals surface area contributed by atoms with Gasteiger partial charge in [0.25, 0.3) is 0 Å². The quantitative estimate of drug-likeness (QED) is 0.736. The van der Waals surface area contributed by atoms with Gasteiger partial charge in [0.05, 0.1) is 18.0 Å². The molecule has 3 N–H and O–H groups in total. The van der Waals surface area contributed by atoms with E-state index in [1.165, 1.54) is 0 Å². The molecule has 27 heavy (non-hydrogen) atoms. The molecule has 1 saturated carbocycles. The van der Waals surface area contributed by atoms with Crippen molar-refractivity contribution in [2.45, 2.75) is 38.6 Å². The first-order chi connectivity index (χ1) is 12.6. The molecule has 1 amide bonds. The zero-order chi connectivity index (χ0) is 18.5. The lowest BCUT2D eigenvalue weighted by atomic mass is 10.00. The van der Waals surface area contributed by atoms with Gasteiger partial charge in [-0.2, -0.15) is 5.10 Å². The number of amides is 1. The van der Waals surface area contributed by atoms with E-state index in [0.717, 1.165) is 19.3 Å². The van der Waals surface area contributed by atoms with Crippen molar-refractivity contribution in [3.63, 3.8) is 0 Å². The van der Waals surface area contributed by atoms with E-state index in [1.54, 1.807) is 23.9 Å². The highest BCUT2D eigenvalue weighted by Gasteiger charge is 2.26. The van der Waals surface area contributed by atoms with E-state index in [-0.39, 0.29) is 36.0 Å². The number of rotatable bonds is 6. The summed E-state index contributed by atoms with van der Waals surface area (Å²) in [5.74, 6) is -0.289. The average molecular weight is 393 g/mol. The van der Waals surface area contributed by atoms with Gasteiger partial charge in [-0.3, -0.25) is 4.79 Å². The lowest BCUT2D eigenvalue weighted by Crippen LogP contribution is -2.28. The molecule has 1 aromatic carbocycles. The van der Waals surface area contributed by atoms with Gasteiger partial charge in [0.15, 0.2) is 5.69 Å². The van der Waals surface area contributed by atoms with Crippen molar-refractivity contribution in [1.82, 2.24) is 9.78 Å². The number of hydrogen-bond donors (Lipinski definition) is 2. The molecule has 1 aromatic heterocycles. The standard InChI is InChI=1S/C19H24N4O3.ClH/c1-2-26-19(25)16-10-11-23(22-16)17-9-4-3-8-15(17)21-18(24)12-13-6-5-7-14(13)20;/h3-4,8-11,13-14H,2,5-7,12,20H2,1H3,(H,21,24);1H/t13-,14+;/m0./s1. The Morgan fingerprint density at radius 1 is 1.30 bits per heavy atom. The lowest BCUT2D eigenvalue weighted by Gasteiger charge is -2.16. The normalized spacial score (nSPS) is 18.6. The van der Waals surface area contributed by atoms with E-state index < -0.39 is 5.97 Å². The molecule has 8 heteroatoms. The van der Waals surface area contributed by atoms with Gasteiger partial charge >= 0.3 is 5.97 Å². The topological polar surface area (TPSA) is 99.2 Å². The maximum Gasteiger partial charge on any atom is 0.358 e. The molecule has 0 aliphatic heterocycles. The molecule has 0 radical (unpaired) electrons. The van der Waals surface area contributed by atoms with Crippen molar-refractivity contribution >= 4 is 30.0 Å². The SMILES string of the molecule is CCOC(=O)c1ccn(-c2ccccc2NC(=O)C[C@@H]2CCC[C@H]2N)n1.Cl. The minimum atomic E-state index is -0.469. The molecule has 1 aliphatic rings. The number of para-hydroxylation sites is 2. The van der Waals surface area contributed by atoms with Crippen LogP contribution in [0.15, 0.2) is 36.5 Å². The zero-order valence-electron chi connectivity index (χ0n) is 15.3. The number of aromatic nitrogens is 2. The van der Waals surface area contributed by atoms with Crippen LogP contribution in [-0.4, -0.2) is 34.3 Å². The molecule has 1 aliphatic carbocycles. The third-order valence-corrected chi connectivity index (χ3v) is 4.66. The summed E-state index contributed by atoms with van der Waals surface area (Å²) < 4.78 is 6.52. The largest absolute Gasteiger partial charge is 0.461 e. The van der Waals surface area contributed by atoms with Crippen LogP contribution < -0.4 is 11.1 Å². The third-order valence-electron chi connectivity index (χ3n) is 4.66. The van der Waals surface area contributed by atoms with Crippen LogP contribution >= 0.6 is 12.4 Å². The first-order valence-corrected chi connectivity index (χ1v) is 8.96. The summed E-state index contributed by atoms with van der Waals surface area (Å²) in [5, 5.41) is 7.20. The van der Waals surface area contributed by atoms with Crippen LogP contribution in [0, 0.1) is 5.92 Å². The second kappa shape index (κ2) is 9.53. The van der Waals surface area contributed by atoms with E-state index in [9.17, 15) is 9.59 Å². The number of anilines is 1. The zero-order valence-corrected chi connectivity index (χ0v) is 16.1. The lowest BCUT2D eigenvalue weighted by molar-refractivity contribution is -0.117. The Bertz CT molecular complexity index is 793. The fourth-order valence-electron chi connectivity index (χ4n) is 3.31. The minimum Gasteiger partial charge on any atom is -0.461 e. The monoisotopic (exact) mass is 392 g/mol. The van der Waals surface area contributed by atoms with Gasteiger partial charge in [0.2, 0.25) is 5.91 Å². The van der Waals surface area contributed by atoms with E-state index in [1.807, 2.05) is 24.3 Å². The Morgan fingerprint density at radius 2 is 2.07 bits per heavy atom. The van der Waals surface area contributed by atoms with E-state index in [0.29, 0.717) is 24.4 Å². The third kappa shape index (κ3) is 5.08. The smallest absolute Gasteiger partial charge is 0.358 e. The molecule has 3 rings (SSSR count). The van der Waals surface area contributed by atoms with Gasteiger partial charge < -0.3 is 15.8 Å². The Hall–Kier alpha value is -2.38. The van der Waals surface area contributed by atoms with Crippen LogP contribution in [0.1, 0.15) is 43.1 Å². The predicted molar refractivity (Wildman–Crippen MR) is 105 cm³/mol. The summed E-state index contributed by atoms with van der Waals surface area (Å²) in [5.41, 5.74) is 7.61. The van der Waals surface area contributed by atoms with Gasteiger partial charge in [-0.05, 0) is 43.9 Å². The van der Waals surface area contributed by atoms with Gasteiger partial charge in [-0.25, -0.2) is 9.48 Å². The summed E-state index contributed by atoms with van der Waals surface area (Å²) in [6.07, 6.45) is 5.16. The summed E-state index contributed by atoms with van der Waals surface area (Å²) >= 11 is 0.